The maximum atomic E-state index is 12.6. The van der Waals surface area contributed by atoms with Gasteiger partial charge in [0.2, 0.25) is 5.82 Å². The molecule has 2 aromatic carbocycles. The number of H-pyrrole nitrogens is 1. The third kappa shape index (κ3) is 3.54. The normalized spacial score (nSPS) is 11.6. The molecule has 10 heteroatoms. The molecule has 3 rings (SSSR count). The summed E-state index contributed by atoms with van der Waals surface area (Å²) in [7, 11) is -3.71. The Morgan fingerprint density at radius 2 is 1.75 bits per heavy atom. The lowest BCUT2D eigenvalue weighted by molar-refractivity contribution is 0.595. The highest BCUT2D eigenvalue weighted by Crippen LogP contribution is 2.33. The van der Waals surface area contributed by atoms with Crippen LogP contribution in [-0.4, -0.2) is 29.0 Å². The van der Waals surface area contributed by atoms with E-state index < -0.39 is 9.84 Å². The molecule has 0 aliphatic heterocycles. The first kappa shape index (κ1) is 17.2. The van der Waals surface area contributed by atoms with Gasteiger partial charge in [-0.3, -0.25) is 0 Å². The van der Waals surface area contributed by atoms with Crippen molar-refractivity contribution >= 4 is 44.6 Å². The Morgan fingerprint density at radius 1 is 1.00 bits per heavy atom. The van der Waals surface area contributed by atoms with Gasteiger partial charge in [0.15, 0.2) is 9.84 Å². The molecule has 0 spiro atoms. The number of nitrogens with zero attached hydrogens (tertiary/aromatic N) is 3. The van der Waals surface area contributed by atoms with E-state index >= 15 is 0 Å². The molecule has 0 saturated carbocycles. The summed E-state index contributed by atoms with van der Waals surface area (Å²) in [6.45, 7) is 0. The van der Waals surface area contributed by atoms with Crippen LogP contribution in [0.25, 0.3) is 11.4 Å². The standard InChI is InChI=1S/C14H9Cl3N4O2S/c15-10-5-12(17)13(6-11(10)16)24(22,23)7-8-2-1-3-9(4-8)14-18-20-21-19-14/h1-6H,7H2,(H,18,19,20,21). The molecule has 1 aromatic heterocycles. The second kappa shape index (κ2) is 6.68. The molecule has 1 heterocycles. The monoisotopic (exact) mass is 402 g/mol. The number of tetrazole rings is 1. The molecular weight excluding hydrogens is 395 g/mol. The number of hydrogen-bond donors (Lipinski definition) is 1. The van der Waals surface area contributed by atoms with Gasteiger partial charge in [0.25, 0.3) is 0 Å². The quantitative estimate of drug-likeness (QED) is 0.669. The van der Waals surface area contributed by atoms with Gasteiger partial charge in [-0.2, -0.15) is 5.21 Å². The highest BCUT2D eigenvalue weighted by Gasteiger charge is 2.21. The van der Waals surface area contributed by atoms with Crippen LogP contribution in [0.5, 0.6) is 0 Å². The van der Waals surface area contributed by atoms with E-state index in [1.54, 1.807) is 24.3 Å². The molecule has 24 heavy (non-hydrogen) atoms. The molecule has 0 atom stereocenters. The van der Waals surface area contributed by atoms with E-state index in [-0.39, 0.29) is 25.7 Å². The Balaban J connectivity index is 1.96. The number of rotatable bonds is 4. The Hall–Kier alpha value is -1.67. The molecular formula is C14H9Cl3N4O2S. The summed E-state index contributed by atoms with van der Waals surface area (Å²) in [5, 5.41) is 13.9. The number of nitrogens with one attached hydrogen (secondary N) is 1. The third-order valence-electron chi connectivity index (χ3n) is 3.20. The topological polar surface area (TPSA) is 88.6 Å². The van der Waals surface area contributed by atoms with Crippen molar-refractivity contribution in [1.82, 2.24) is 20.6 Å². The zero-order chi connectivity index (χ0) is 17.3. The first-order valence-corrected chi connectivity index (χ1v) is 9.35. The first-order chi connectivity index (χ1) is 11.4. The molecule has 0 unspecified atom stereocenters. The summed E-state index contributed by atoms with van der Waals surface area (Å²) < 4.78 is 25.3. The van der Waals surface area contributed by atoms with Crippen molar-refractivity contribution in [3.05, 3.63) is 57.0 Å². The van der Waals surface area contributed by atoms with E-state index in [1.165, 1.54) is 12.1 Å². The molecule has 0 saturated heterocycles. The molecule has 1 N–H and O–H groups in total. The van der Waals surface area contributed by atoms with E-state index in [2.05, 4.69) is 20.6 Å². The summed E-state index contributed by atoms with van der Waals surface area (Å²) >= 11 is 17.8. The van der Waals surface area contributed by atoms with Crippen molar-refractivity contribution in [2.75, 3.05) is 0 Å². The Morgan fingerprint density at radius 3 is 2.46 bits per heavy atom. The van der Waals surface area contributed by atoms with Crippen molar-refractivity contribution in [1.29, 1.82) is 0 Å². The average molecular weight is 404 g/mol. The SMILES string of the molecule is O=S(=O)(Cc1cccc(-c2nn[nH]n2)c1)c1cc(Cl)c(Cl)cc1Cl. The average Bonchev–Trinajstić information content (AvgIpc) is 3.05. The Kier molecular flexibility index (Phi) is 4.78. The zero-order valence-electron chi connectivity index (χ0n) is 11.9. The van der Waals surface area contributed by atoms with Gasteiger partial charge in [-0.05, 0) is 29.0 Å². The van der Waals surface area contributed by atoms with Crippen LogP contribution >= 0.6 is 34.8 Å². The minimum absolute atomic E-state index is 0.0266. The van der Waals surface area contributed by atoms with Crippen LogP contribution in [0, 0.1) is 0 Å². The predicted molar refractivity (Wildman–Crippen MR) is 92.0 cm³/mol. The van der Waals surface area contributed by atoms with Gasteiger partial charge in [-0.1, -0.05) is 53.0 Å². The fourth-order valence-corrected chi connectivity index (χ4v) is 4.52. The zero-order valence-corrected chi connectivity index (χ0v) is 15.0. The van der Waals surface area contributed by atoms with E-state index in [1.807, 2.05) is 0 Å². The summed E-state index contributed by atoms with van der Waals surface area (Å²) in [6.07, 6.45) is 0. The summed E-state index contributed by atoms with van der Waals surface area (Å²) in [4.78, 5) is -0.0662. The fraction of sp³-hybridized carbons (Fsp3) is 0.0714. The lowest BCUT2D eigenvalue weighted by Gasteiger charge is -2.09. The van der Waals surface area contributed by atoms with Gasteiger partial charge in [0.1, 0.15) is 0 Å². The second-order valence-corrected chi connectivity index (χ2v) is 8.07. The van der Waals surface area contributed by atoms with Crippen LogP contribution in [0.1, 0.15) is 5.56 Å². The van der Waals surface area contributed by atoms with Crippen molar-refractivity contribution in [2.45, 2.75) is 10.6 Å². The van der Waals surface area contributed by atoms with Crippen LogP contribution in [0.3, 0.4) is 0 Å². The van der Waals surface area contributed by atoms with Crippen molar-refractivity contribution in [3.8, 4) is 11.4 Å². The molecule has 0 aliphatic carbocycles. The van der Waals surface area contributed by atoms with E-state index in [4.69, 9.17) is 34.8 Å². The molecule has 6 nitrogen and oxygen atoms in total. The molecule has 0 aliphatic rings. The van der Waals surface area contributed by atoms with Crippen molar-refractivity contribution < 1.29 is 8.42 Å². The highest BCUT2D eigenvalue weighted by molar-refractivity contribution is 7.90. The maximum absolute atomic E-state index is 12.6. The second-order valence-electron chi connectivity index (χ2n) is 4.89. The van der Waals surface area contributed by atoms with Gasteiger partial charge < -0.3 is 0 Å². The van der Waals surface area contributed by atoms with Gasteiger partial charge in [-0.15, -0.1) is 10.2 Å². The number of aromatic amines is 1. The third-order valence-corrected chi connectivity index (χ3v) is 6.07. The van der Waals surface area contributed by atoms with Crippen molar-refractivity contribution in [3.63, 3.8) is 0 Å². The maximum Gasteiger partial charge on any atom is 0.204 e. The van der Waals surface area contributed by atoms with Gasteiger partial charge in [0, 0.05) is 5.56 Å². The molecule has 0 fully saturated rings. The molecule has 0 amide bonds. The smallest absolute Gasteiger partial charge is 0.204 e. The lowest BCUT2D eigenvalue weighted by Crippen LogP contribution is -2.06. The van der Waals surface area contributed by atoms with Crippen LogP contribution in [0.2, 0.25) is 15.1 Å². The summed E-state index contributed by atoms with van der Waals surface area (Å²) in [5.74, 6) is 0.123. The minimum Gasteiger partial charge on any atom is -0.223 e. The predicted octanol–water partition coefficient (Wildman–Crippen LogP) is 3.80. The number of halogens is 3. The molecule has 0 bridgehead atoms. The first-order valence-electron chi connectivity index (χ1n) is 6.57. The van der Waals surface area contributed by atoms with E-state index in [9.17, 15) is 8.42 Å². The van der Waals surface area contributed by atoms with E-state index in [0.29, 0.717) is 17.0 Å². The molecule has 0 radical (unpaired) electrons. The summed E-state index contributed by atoms with van der Waals surface area (Å²) in [5.41, 5.74) is 1.20. The highest BCUT2D eigenvalue weighted by atomic mass is 35.5. The van der Waals surface area contributed by atoms with Crippen LogP contribution in [0.15, 0.2) is 41.3 Å². The Bertz CT molecular complexity index is 991. The lowest BCUT2D eigenvalue weighted by atomic mass is 10.1. The van der Waals surface area contributed by atoms with Crippen molar-refractivity contribution in [2.24, 2.45) is 0 Å². The van der Waals surface area contributed by atoms with Gasteiger partial charge in [-0.25, -0.2) is 8.42 Å². The summed E-state index contributed by atoms with van der Waals surface area (Å²) in [6, 6.07) is 9.40. The van der Waals surface area contributed by atoms with Gasteiger partial charge >= 0.3 is 0 Å². The fourth-order valence-electron chi connectivity index (χ4n) is 2.12. The minimum atomic E-state index is -3.71. The van der Waals surface area contributed by atoms with Crippen LogP contribution in [0.4, 0.5) is 0 Å². The van der Waals surface area contributed by atoms with E-state index in [0.717, 1.165) is 0 Å². The van der Waals surface area contributed by atoms with Gasteiger partial charge in [0.05, 0.1) is 25.7 Å². The molecule has 3 aromatic rings. The molecule has 124 valence electrons. The number of sulfone groups is 1. The Labute approximate surface area is 152 Å². The number of aromatic nitrogens is 4. The number of benzene rings is 2. The largest absolute Gasteiger partial charge is 0.223 e. The van der Waals surface area contributed by atoms with Crippen LogP contribution < -0.4 is 0 Å². The van der Waals surface area contributed by atoms with Crippen LogP contribution in [-0.2, 0) is 15.6 Å². The number of hydrogen-bond acceptors (Lipinski definition) is 5.